The van der Waals surface area contributed by atoms with Gasteiger partial charge in [-0.1, -0.05) is 36.0 Å². The van der Waals surface area contributed by atoms with Gasteiger partial charge in [0, 0.05) is 24.7 Å². The normalized spacial score (nSPS) is 21.4. The Balaban J connectivity index is 1.97. The summed E-state index contributed by atoms with van der Waals surface area (Å²) in [6.07, 6.45) is -0.127. The first-order chi connectivity index (χ1) is 8.15. The summed E-state index contributed by atoms with van der Waals surface area (Å²) in [4.78, 5) is 2.71. The fourth-order valence-corrected chi connectivity index (χ4v) is 2.27. The van der Waals surface area contributed by atoms with Crippen LogP contribution in [0.15, 0.2) is 24.3 Å². The highest BCUT2D eigenvalue weighted by Crippen LogP contribution is 2.14. The molecule has 5 heteroatoms. The molecule has 0 aliphatic carbocycles. The number of hydrogen-bond donors (Lipinski definition) is 1. The van der Waals surface area contributed by atoms with Crippen molar-refractivity contribution >= 4 is 28.8 Å². The van der Waals surface area contributed by atoms with Crippen molar-refractivity contribution < 1.29 is 4.74 Å². The van der Waals surface area contributed by atoms with E-state index in [-0.39, 0.29) is 6.10 Å². The van der Waals surface area contributed by atoms with Crippen LogP contribution in [0.2, 0.25) is 5.02 Å². The van der Waals surface area contributed by atoms with Gasteiger partial charge >= 0.3 is 0 Å². The summed E-state index contributed by atoms with van der Waals surface area (Å²) < 4.78 is 5.50. The molecule has 2 N–H and O–H groups in total. The first-order valence-corrected chi connectivity index (χ1v) is 6.31. The summed E-state index contributed by atoms with van der Waals surface area (Å²) in [6, 6.07) is 7.88. The average Bonchev–Trinajstić information content (AvgIpc) is 2.29. The maximum absolute atomic E-state index is 5.96. The molecule has 92 valence electrons. The monoisotopic (exact) mass is 270 g/mol. The molecule has 1 unspecified atom stereocenters. The lowest BCUT2D eigenvalue weighted by molar-refractivity contribution is 0.00391. The van der Waals surface area contributed by atoms with Crippen molar-refractivity contribution in [3.63, 3.8) is 0 Å². The van der Waals surface area contributed by atoms with Crippen molar-refractivity contribution in [2.24, 2.45) is 5.73 Å². The Hall–Kier alpha value is -0.680. The van der Waals surface area contributed by atoms with E-state index in [1.54, 1.807) is 0 Å². The summed E-state index contributed by atoms with van der Waals surface area (Å²) in [5.41, 5.74) is 6.80. The number of thiocarbonyl (C=S) groups is 1. The third-order valence-corrected chi connectivity index (χ3v) is 3.26. The van der Waals surface area contributed by atoms with Crippen LogP contribution < -0.4 is 5.73 Å². The quantitative estimate of drug-likeness (QED) is 0.851. The molecular formula is C12H15ClN2OS. The average molecular weight is 271 g/mol. The summed E-state index contributed by atoms with van der Waals surface area (Å²) in [5, 5.41) is 0.765. The van der Waals surface area contributed by atoms with Gasteiger partial charge in [0.15, 0.2) is 0 Å². The van der Waals surface area contributed by atoms with E-state index < -0.39 is 0 Å². The molecule has 0 bridgehead atoms. The molecule has 2 rings (SSSR count). The minimum Gasteiger partial charge on any atom is -0.391 e. The van der Waals surface area contributed by atoms with Gasteiger partial charge in [-0.2, -0.15) is 0 Å². The zero-order valence-corrected chi connectivity index (χ0v) is 11.0. The molecule has 1 aliphatic heterocycles. The smallest absolute Gasteiger partial charge is 0.120 e. The van der Waals surface area contributed by atoms with E-state index in [9.17, 15) is 0 Å². The molecule has 1 aliphatic rings. The van der Waals surface area contributed by atoms with Gasteiger partial charge in [0.25, 0.3) is 0 Å². The second kappa shape index (κ2) is 5.78. The van der Waals surface area contributed by atoms with Gasteiger partial charge in [0.05, 0.1) is 6.61 Å². The van der Waals surface area contributed by atoms with Gasteiger partial charge in [0.1, 0.15) is 11.1 Å². The van der Waals surface area contributed by atoms with Crippen LogP contribution in [0.3, 0.4) is 0 Å². The highest BCUT2D eigenvalue weighted by Gasteiger charge is 2.22. The van der Waals surface area contributed by atoms with E-state index in [1.165, 1.54) is 5.56 Å². The predicted octanol–water partition coefficient (Wildman–Crippen LogP) is 1.83. The van der Waals surface area contributed by atoms with E-state index in [4.69, 9.17) is 34.3 Å². The van der Waals surface area contributed by atoms with Crippen molar-refractivity contribution in [3.05, 3.63) is 34.9 Å². The molecular weight excluding hydrogens is 256 g/mol. The number of benzene rings is 1. The summed E-state index contributed by atoms with van der Waals surface area (Å²) in [5.74, 6) is 0. The fourth-order valence-electron chi connectivity index (χ4n) is 1.91. The fraction of sp³-hybridized carbons (Fsp3) is 0.417. The van der Waals surface area contributed by atoms with Gasteiger partial charge in [-0.25, -0.2) is 0 Å². The van der Waals surface area contributed by atoms with E-state index >= 15 is 0 Å². The topological polar surface area (TPSA) is 38.5 Å². The second-order valence-corrected chi connectivity index (χ2v) is 5.03. The largest absolute Gasteiger partial charge is 0.391 e. The van der Waals surface area contributed by atoms with E-state index in [0.717, 1.165) is 24.7 Å². The van der Waals surface area contributed by atoms with Crippen LogP contribution in [0, 0.1) is 0 Å². The second-order valence-electron chi connectivity index (χ2n) is 4.13. The lowest BCUT2D eigenvalue weighted by atomic mass is 10.2. The SMILES string of the molecule is NC(=S)C1CN(Cc2cccc(Cl)c2)CCO1. The molecule has 0 aromatic heterocycles. The van der Waals surface area contributed by atoms with Gasteiger partial charge in [-0.15, -0.1) is 0 Å². The Morgan fingerprint density at radius 3 is 3.12 bits per heavy atom. The van der Waals surface area contributed by atoms with Crippen molar-refractivity contribution in [3.8, 4) is 0 Å². The standard InChI is InChI=1S/C12H15ClN2OS/c13-10-3-1-2-9(6-10)7-15-4-5-16-11(8-15)12(14)17/h1-3,6,11H,4-5,7-8H2,(H2,14,17). The molecule has 1 saturated heterocycles. The number of hydrogen-bond acceptors (Lipinski definition) is 3. The zero-order chi connectivity index (χ0) is 12.3. The van der Waals surface area contributed by atoms with E-state index in [0.29, 0.717) is 11.6 Å². The number of morpholine rings is 1. The first-order valence-electron chi connectivity index (χ1n) is 5.53. The van der Waals surface area contributed by atoms with Crippen LogP contribution in [-0.2, 0) is 11.3 Å². The molecule has 1 atom stereocenters. The van der Waals surface area contributed by atoms with Gasteiger partial charge in [-0.05, 0) is 17.7 Å². The molecule has 1 fully saturated rings. The van der Waals surface area contributed by atoms with E-state index in [2.05, 4.69) is 11.0 Å². The minimum absolute atomic E-state index is 0.127. The molecule has 0 radical (unpaired) electrons. The highest BCUT2D eigenvalue weighted by molar-refractivity contribution is 7.80. The summed E-state index contributed by atoms with van der Waals surface area (Å²) in [6.45, 7) is 3.17. The lowest BCUT2D eigenvalue weighted by Gasteiger charge is -2.32. The molecule has 1 heterocycles. The van der Waals surface area contributed by atoms with Crippen molar-refractivity contribution in [2.75, 3.05) is 19.7 Å². The zero-order valence-electron chi connectivity index (χ0n) is 9.43. The molecule has 0 spiro atoms. The molecule has 17 heavy (non-hydrogen) atoms. The molecule has 3 nitrogen and oxygen atoms in total. The number of rotatable bonds is 3. The van der Waals surface area contributed by atoms with Crippen LogP contribution >= 0.6 is 23.8 Å². The Morgan fingerprint density at radius 2 is 2.41 bits per heavy atom. The summed E-state index contributed by atoms with van der Waals surface area (Å²) >= 11 is 10.9. The predicted molar refractivity (Wildman–Crippen MR) is 73.3 cm³/mol. The van der Waals surface area contributed by atoms with Crippen molar-refractivity contribution in [1.29, 1.82) is 0 Å². The Bertz CT molecular complexity index is 413. The maximum atomic E-state index is 5.96. The van der Waals surface area contributed by atoms with E-state index in [1.807, 2.05) is 18.2 Å². The van der Waals surface area contributed by atoms with Crippen LogP contribution in [0.5, 0.6) is 0 Å². The first kappa shape index (κ1) is 12.8. The number of ether oxygens (including phenoxy) is 1. The third-order valence-electron chi connectivity index (χ3n) is 2.76. The molecule has 0 amide bonds. The Morgan fingerprint density at radius 1 is 1.59 bits per heavy atom. The van der Waals surface area contributed by atoms with Crippen molar-refractivity contribution in [1.82, 2.24) is 4.90 Å². The number of nitrogens with zero attached hydrogens (tertiary/aromatic N) is 1. The minimum atomic E-state index is -0.127. The number of halogens is 1. The van der Waals surface area contributed by atoms with Crippen LogP contribution in [0.4, 0.5) is 0 Å². The molecule has 1 aromatic carbocycles. The van der Waals surface area contributed by atoms with Gasteiger partial charge in [0.2, 0.25) is 0 Å². The van der Waals surface area contributed by atoms with Crippen LogP contribution in [0.1, 0.15) is 5.56 Å². The molecule has 1 aromatic rings. The van der Waals surface area contributed by atoms with Gasteiger partial charge in [-0.3, -0.25) is 4.90 Å². The lowest BCUT2D eigenvalue weighted by Crippen LogP contribution is -2.47. The van der Waals surface area contributed by atoms with Crippen molar-refractivity contribution in [2.45, 2.75) is 12.6 Å². The summed E-state index contributed by atoms with van der Waals surface area (Å²) in [7, 11) is 0. The number of nitrogens with two attached hydrogens (primary N) is 1. The Labute approximate surface area is 111 Å². The molecule has 0 saturated carbocycles. The third kappa shape index (κ3) is 3.64. The highest BCUT2D eigenvalue weighted by atomic mass is 35.5. The Kier molecular flexibility index (Phi) is 4.34. The maximum Gasteiger partial charge on any atom is 0.120 e. The van der Waals surface area contributed by atoms with Gasteiger partial charge < -0.3 is 10.5 Å². The van der Waals surface area contributed by atoms with Crippen LogP contribution in [-0.4, -0.2) is 35.7 Å². The van der Waals surface area contributed by atoms with Crippen LogP contribution in [0.25, 0.3) is 0 Å².